The van der Waals surface area contributed by atoms with Crippen molar-refractivity contribution in [3.05, 3.63) is 94.9 Å². The van der Waals surface area contributed by atoms with Crippen LogP contribution < -0.4 is 16.6 Å². The number of amides is 2. The number of benzene rings is 2. The molecular weight excluding hydrogens is 560 g/mol. The molecule has 2 amide bonds. The number of carboxylic acids is 1. The minimum absolute atomic E-state index is 0.134. The van der Waals surface area contributed by atoms with Crippen molar-refractivity contribution < 1.29 is 19.5 Å². The normalized spacial score (nSPS) is 16.9. The molecule has 5 N–H and O–H groups in total. The number of nitrogens with one attached hydrogen (secondary N) is 2. The summed E-state index contributed by atoms with van der Waals surface area (Å²) < 4.78 is 1.58. The SMILES string of the molecule is Cn1c(C(=O)O)cc2cc(NC(=O)C3C(c4ccncc4)CCN3C(=O)/C=C/c3cc(Cl)ccc3N/N=N\N)ccc21. The molecule has 2 aromatic carbocycles. The molecule has 1 aliphatic heterocycles. The molecule has 12 nitrogen and oxygen atoms in total. The highest BCUT2D eigenvalue weighted by atomic mass is 35.5. The summed E-state index contributed by atoms with van der Waals surface area (Å²) in [6.07, 6.45) is 6.85. The van der Waals surface area contributed by atoms with Gasteiger partial charge in [0.05, 0.1) is 5.69 Å². The standard InChI is InChI=1S/C29H27ClN8O4/c1-37-24-6-4-21(15-19(24)16-25(37)29(41)42)33-28(40)27-22(17-8-11-32-12-9-17)10-13-38(27)26(39)7-2-18-14-20(30)3-5-23(18)34-36-35-31/h2-9,11-12,14-16,22,27H,10,13H2,1H3,(H2,31,36)(H,33,40)(H,34,35)(H,41,42)/b7-2+. The average Bonchev–Trinajstić information content (AvgIpc) is 3.57. The zero-order valence-electron chi connectivity index (χ0n) is 22.4. The van der Waals surface area contributed by atoms with E-state index in [1.54, 1.807) is 72.5 Å². The Morgan fingerprint density at radius 1 is 1.12 bits per heavy atom. The van der Waals surface area contributed by atoms with E-state index in [1.807, 2.05) is 12.1 Å². The van der Waals surface area contributed by atoms with Gasteiger partial charge in [-0.3, -0.25) is 20.0 Å². The first-order valence-corrected chi connectivity index (χ1v) is 13.3. The van der Waals surface area contributed by atoms with E-state index >= 15 is 0 Å². The largest absolute Gasteiger partial charge is 0.477 e. The number of aryl methyl sites for hydroxylation is 1. The van der Waals surface area contributed by atoms with Crippen LogP contribution in [0.2, 0.25) is 5.02 Å². The van der Waals surface area contributed by atoms with Crippen LogP contribution in [0.15, 0.2) is 83.5 Å². The van der Waals surface area contributed by atoms with Crippen molar-refractivity contribution in [2.75, 3.05) is 17.3 Å². The first-order chi connectivity index (χ1) is 20.3. The lowest BCUT2D eigenvalue weighted by molar-refractivity contribution is -0.133. The monoisotopic (exact) mass is 586 g/mol. The van der Waals surface area contributed by atoms with Gasteiger partial charge in [0.25, 0.3) is 0 Å². The fourth-order valence-corrected chi connectivity index (χ4v) is 5.47. The van der Waals surface area contributed by atoms with Gasteiger partial charge in [0.2, 0.25) is 11.8 Å². The van der Waals surface area contributed by atoms with Crippen molar-refractivity contribution >= 4 is 57.7 Å². The summed E-state index contributed by atoms with van der Waals surface area (Å²) >= 11 is 6.16. The highest BCUT2D eigenvalue weighted by Gasteiger charge is 2.42. The summed E-state index contributed by atoms with van der Waals surface area (Å²) in [6, 6.07) is 14.6. The molecule has 4 aromatic rings. The van der Waals surface area contributed by atoms with Gasteiger partial charge in [0, 0.05) is 65.2 Å². The molecule has 214 valence electrons. The Kier molecular flexibility index (Phi) is 8.16. The number of nitrogens with zero attached hydrogens (tertiary/aromatic N) is 5. The number of aromatic carboxylic acids is 1. The zero-order valence-corrected chi connectivity index (χ0v) is 23.2. The highest BCUT2D eigenvalue weighted by molar-refractivity contribution is 6.30. The summed E-state index contributed by atoms with van der Waals surface area (Å²) in [4.78, 5) is 44.5. The third-order valence-electron chi connectivity index (χ3n) is 7.26. The molecule has 2 atom stereocenters. The average molecular weight is 587 g/mol. The maximum atomic E-state index is 13.8. The van der Waals surface area contributed by atoms with E-state index in [9.17, 15) is 19.5 Å². The second-order valence-electron chi connectivity index (χ2n) is 9.70. The minimum Gasteiger partial charge on any atom is -0.477 e. The Morgan fingerprint density at radius 2 is 1.90 bits per heavy atom. The number of carbonyl (C=O) groups is 3. The molecule has 1 fully saturated rings. The van der Waals surface area contributed by atoms with E-state index in [0.29, 0.717) is 45.8 Å². The van der Waals surface area contributed by atoms with Crippen molar-refractivity contribution in [2.24, 2.45) is 23.3 Å². The smallest absolute Gasteiger partial charge is 0.352 e. The predicted octanol–water partition coefficient (Wildman–Crippen LogP) is 4.61. The number of hydrogen-bond donors (Lipinski definition) is 4. The number of carbonyl (C=O) groups excluding carboxylic acids is 2. The molecule has 42 heavy (non-hydrogen) atoms. The Balaban J connectivity index is 1.43. The Hall–Kier alpha value is -5.23. The molecule has 2 aromatic heterocycles. The Bertz CT molecular complexity index is 1720. The number of hydrogen-bond acceptors (Lipinski definition) is 6. The molecule has 5 rings (SSSR count). The van der Waals surface area contributed by atoms with Crippen molar-refractivity contribution in [1.29, 1.82) is 0 Å². The molecule has 2 unspecified atom stereocenters. The van der Waals surface area contributed by atoms with Gasteiger partial charge in [-0.05, 0) is 72.7 Å². The molecule has 3 heterocycles. The van der Waals surface area contributed by atoms with Crippen molar-refractivity contribution in [2.45, 2.75) is 18.4 Å². The number of halogens is 1. The van der Waals surface area contributed by atoms with E-state index in [4.69, 9.17) is 17.4 Å². The molecule has 0 bridgehead atoms. The number of nitrogens with two attached hydrogens (primary N) is 1. The second kappa shape index (κ2) is 12.1. The van der Waals surface area contributed by atoms with E-state index in [0.717, 1.165) is 5.56 Å². The van der Waals surface area contributed by atoms with Crippen LogP contribution in [0.1, 0.15) is 34.0 Å². The van der Waals surface area contributed by atoms with Crippen LogP contribution >= 0.6 is 11.6 Å². The van der Waals surface area contributed by atoms with Crippen LogP contribution in [-0.4, -0.2) is 49.9 Å². The number of aromatic nitrogens is 2. The fraction of sp³-hybridized carbons (Fsp3) is 0.172. The van der Waals surface area contributed by atoms with Gasteiger partial charge in [0.1, 0.15) is 11.7 Å². The Labute approximate surface area is 245 Å². The number of pyridine rings is 1. The second-order valence-corrected chi connectivity index (χ2v) is 10.1. The molecular formula is C29H27ClN8O4. The fourth-order valence-electron chi connectivity index (χ4n) is 5.28. The van der Waals surface area contributed by atoms with Gasteiger partial charge in [-0.25, -0.2) is 4.79 Å². The Morgan fingerprint density at radius 3 is 2.64 bits per heavy atom. The van der Waals surface area contributed by atoms with Crippen molar-refractivity contribution in [1.82, 2.24) is 14.5 Å². The lowest BCUT2D eigenvalue weighted by Gasteiger charge is -2.27. The molecule has 1 saturated heterocycles. The van der Waals surface area contributed by atoms with Gasteiger partial charge in [-0.15, -0.1) is 0 Å². The van der Waals surface area contributed by atoms with E-state index in [1.165, 1.54) is 11.0 Å². The third-order valence-corrected chi connectivity index (χ3v) is 7.50. The van der Waals surface area contributed by atoms with Crippen molar-refractivity contribution in [3.8, 4) is 0 Å². The summed E-state index contributed by atoms with van der Waals surface area (Å²) in [5.41, 5.74) is 6.02. The van der Waals surface area contributed by atoms with Crippen LogP contribution in [0.5, 0.6) is 0 Å². The first kappa shape index (κ1) is 28.3. The van der Waals surface area contributed by atoms with Gasteiger partial charge in [0.15, 0.2) is 0 Å². The third kappa shape index (κ3) is 5.79. The van der Waals surface area contributed by atoms with Gasteiger partial charge >= 0.3 is 5.97 Å². The van der Waals surface area contributed by atoms with E-state index < -0.39 is 12.0 Å². The van der Waals surface area contributed by atoms with Gasteiger partial charge < -0.3 is 25.7 Å². The lowest BCUT2D eigenvalue weighted by atomic mass is 9.91. The lowest BCUT2D eigenvalue weighted by Crippen LogP contribution is -2.44. The minimum atomic E-state index is -1.04. The van der Waals surface area contributed by atoms with E-state index in [-0.39, 0.29) is 23.4 Å². The summed E-state index contributed by atoms with van der Waals surface area (Å²) in [5.74, 6) is 3.06. The van der Waals surface area contributed by atoms with Gasteiger partial charge in [-0.1, -0.05) is 22.0 Å². The number of likely N-dealkylation sites (tertiary alicyclic amines) is 1. The van der Waals surface area contributed by atoms with Crippen LogP contribution in [0.25, 0.3) is 17.0 Å². The van der Waals surface area contributed by atoms with Crippen LogP contribution in [0.4, 0.5) is 11.4 Å². The van der Waals surface area contributed by atoms with Crippen LogP contribution in [-0.2, 0) is 16.6 Å². The van der Waals surface area contributed by atoms with Gasteiger partial charge in [-0.2, -0.15) is 0 Å². The molecule has 1 aliphatic rings. The summed E-state index contributed by atoms with van der Waals surface area (Å²) in [7, 11) is 1.67. The number of anilines is 2. The zero-order chi connectivity index (χ0) is 29.8. The van der Waals surface area contributed by atoms with Crippen LogP contribution in [0, 0.1) is 0 Å². The number of rotatable bonds is 8. The predicted molar refractivity (Wildman–Crippen MR) is 159 cm³/mol. The quantitative estimate of drug-likeness (QED) is 0.101. The maximum Gasteiger partial charge on any atom is 0.352 e. The number of fused-ring (bicyclic) bond motifs is 1. The topological polar surface area (TPSA) is 167 Å². The molecule has 0 aliphatic carbocycles. The highest BCUT2D eigenvalue weighted by Crippen LogP contribution is 2.35. The maximum absolute atomic E-state index is 13.8. The number of carboxylic acid groups (broad SMARTS) is 1. The molecule has 0 radical (unpaired) electrons. The molecule has 0 spiro atoms. The van der Waals surface area contributed by atoms with Crippen LogP contribution in [0.3, 0.4) is 0 Å². The summed E-state index contributed by atoms with van der Waals surface area (Å²) in [6.45, 7) is 0.357. The molecule has 0 saturated carbocycles. The first-order valence-electron chi connectivity index (χ1n) is 12.9. The van der Waals surface area contributed by atoms with Crippen molar-refractivity contribution in [3.63, 3.8) is 0 Å². The molecule has 13 heteroatoms. The van der Waals surface area contributed by atoms with E-state index in [2.05, 4.69) is 26.2 Å². The summed E-state index contributed by atoms with van der Waals surface area (Å²) in [5, 5.41) is 20.3.